The molecular weight excluding hydrogens is 288 g/mol. The molecule has 0 saturated heterocycles. The summed E-state index contributed by atoms with van der Waals surface area (Å²) < 4.78 is 10.6. The van der Waals surface area contributed by atoms with Crippen molar-refractivity contribution in [3.8, 4) is 5.75 Å². The molecule has 5 heteroatoms. The number of hydrogen-bond acceptors (Lipinski definition) is 4. The Morgan fingerprint density at radius 2 is 1.95 bits per heavy atom. The smallest absolute Gasteiger partial charge is 0.138 e. The van der Waals surface area contributed by atoms with Gasteiger partial charge < -0.3 is 14.6 Å². The van der Waals surface area contributed by atoms with Gasteiger partial charge in [-0.3, -0.25) is 0 Å². The highest BCUT2D eigenvalue weighted by Crippen LogP contribution is 2.30. The van der Waals surface area contributed by atoms with Crippen LogP contribution in [-0.4, -0.2) is 12.3 Å². The molecule has 0 amide bonds. The molecule has 0 saturated carbocycles. The first-order valence-corrected chi connectivity index (χ1v) is 7.34. The Kier molecular flexibility index (Phi) is 4.91. The van der Waals surface area contributed by atoms with Gasteiger partial charge in [-0.1, -0.05) is 16.8 Å². The van der Waals surface area contributed by atoms with Crippen LogP contribution in [0.4, 0.5) is 0 Å². The van der Waals surface area contributed by atoms with Crippen molar-refractivity contribution in [3.05, 3.63) is 45.8 Å². The third kappa shape index (κ3) is 3.39. The van der Waals surface area contributed by atoms with E-state index in [2.05, 4.69) is 24.3 Å². The van der Waals surface area contributed by atoms with Crippen LogP contribution in [-0.2, 0) is 0 Å². The first-order chi connectivity index (χ1) is 9.93. The lowest BCUT2D eigenvalue weighted by molar-refractivity contribution is 0.386. The quantitative estimate of drug-likeness (QED) is 0.891. The Labute approximate surface area is 130 Å². The second kappa shape index (κ2) is 6.50. The zero-order valence-electron chi connectivity index (χ0n) is 13.0. The molecule has 0 spiro atoms. The lowest BCUT2D eigenvalue weighted by atomic mass is 10.0. The third-order valence-electron chi connectivity index (χ3n) is 3.68. The molecule has 4 nitrogen and oxygen atoms in total. The normalized spacial score (nSPS) is 14.0. The Morgan fingerprint density at radius 3 is 2.52 bits per heavy atom. The molecule has 0 radical (unpaired) electrons. The van der Waals surface area contributed by atoms with Crippen molar-refractivity contribution in [3.63, 3.8) is 0 Å². The van der Waals surface area contributed by atoms with Gasteiger partial charge in [-0.05, 0) is 45.9 Å². The van der Waals surface area contributed by atoms with E-state index in [1.807, 2.05) is 32.0 Å². The Hall–Kier alpha value is -1.52. The number of benzene rings is 1. The predicted molar refractivity (Wildman–Crippen MR) is 83.9 cm³/mol. The number of rotatable bonds is 5. The zero-order valence-corrected chi connectivity index (χ0v) is 13.8. The fraction of sp³-hybridized carbons (Fsp3) is 0.438. The van der Waals surface area contributed by atoms with Gasteiger partial charge in [-0.15, -0.1) is 0 Å². The van der Waals surface area contributed by atoms with E-state index in [-0.39, 0.29) is 12.1 Å². The summed E-state index contributed by atoms with van der Waals surface area (Å²) >= 11 is 6.10. The lowest BCUT2D eigenvalue weighted by Crippen LogP contribution is -2.23. The Balaban J connectivity index is 2.22. The molecule has 1 N–H and O–H groups in total. The molecular formula is C16H21ClN2O2. The summed E-state index contributed by atoms with van der Waals surface area (Å²) in [4.78, 5) is 0. The topological polar surface area (TPSA) is 47.3 Å². The summed E-state index contributed by atoms with van der Waals surface area (Å²) in [6.45, 7) is 8.07. The highest BCUT2D eigenvalue weighted by Gasteiger charge is 2.20. The first-order valence-electron chi connectivity index (χ1n) is 6.96. The van der Waals surface area contributed by atoms with Crippen LogP contribution in [0.5, 0.6) is 5.75 Å². The average molecular weight is 309 g/mol. The number of halogens is 1. The maximum Gasteiger partial charge on any atom is 0.138 e. The Morgan fingerprint density at radius 1 is 1.24 bits per heavy atom. The van der Waals surface area contributed by atoms with Crippen LogP contribution < -0.4 is 10.1 Å². The summed E-state index contributed by atoms with van der Waals surface area (Å²) in [6.07, 6.45) is 0. The van der Waals surface area contributed by atoms with Crippen molar-refractivity contribution in [2.75, 3.05) is 7.11 Å². The van der Waals surface area contributed by atoms with E-state index >= 15 is 0 Å². The van der Waals surface area contributed by atoms with Gasteiger partial charge in [-0.25, -0.2) is 0 Å². The van der Waals surface area contributed by atoms with Crippen molar-refractivity contribution >= 4 is 11.6 Å². The van der Waals surface area contributed by atoms with Gasteiger partial charge in [0, 0.05) is 28.2 Å². The van der Waals surface area contributed by atoms with E-state index in [4.69, 9.17) is 20.9 Å². The number of aryl methyl sites for hydroxylation is 2. The van der Waals surface area contributed by atoms with Crippen LogP contribution in [0.3, 0.4) is 0 Å². The molecule has 2 atom stereocenters. The predicted octanol–water partition coefficient (Wildman–Crippen LogP) is 4.37. The SMILES string of the molecule is COc1ccc(Cl)cc1[C@H](C)N[C@@H](C)c1c(C)noc1C. The molecule has 1 aromatic carbocycles. The zero-order chi connectivity index (χ0) is 15.6. The highest BCUT2D eigenvalue weighted by atomic mass is 35.5. The van der Waals surface area contributed by atoms with E-state index in [1.54, 1.807) is 7.11 Å². The molecule has 21 heavy (non-hydrogen) atoms. The fourth-order valence-electron chi connectivity index (χ4n) is 2.70. The van der Waals surface area contributed by atoms with E-state index in [9.17, 15) is 0 Å². The largest absolute Gasteiger partial charge is 0.496 e. The Bertz CT molecular complexity index is 605. The maximum atomic E-state index is 6.10. The summed E-state index contributed by atoms with van der Waals surface area (Å²) in [7, 11) is 1.66. The summed E-state index contributed by atoms with van der Waals surface area (Å²) in [5.41, 5.74) is 3.05. The minimum absolute atomic E-state index is 0.0855. The van der Waals surface area contributed by atoms with Crippen molar-refractivity contribution in [2.45, 2.75) is 39.8 Å². The van der Waals surface area contributed by atoms with Crippen LogP contribution in [0.2, 0.25) is 5.02 Å². The van der Waals surface area contributed by atoms with E-state index in [1.165, 1.54) is 0 Å². The number of nitrogens with one attached hydrogen (secondary N) is 1. The van der Waals surface area contributed by atoms with Crippen molar-refractivity contribution in [1.82, 2.24) is 10.5 Å². The fourth-order valence-corrected chi connectivity index (χ4v) is 2.88. The molecule has 0 aliphatic carbocycles. The highest BCUT2D eigenvalue weighted by molar-refractivity contribution is 6.30. The number of nitrogens with zero attached hydrogens (tertiary/aromatic N) is 1. The van der Waals surface area contributed by atoms with E-state index in [0.717, 1.165) is 28.3 Å². The van der Waals surface area contributed by atoms with Gasteiger partial charge in [0.15, 0.2) is 0 Å². The van der Waals surface area contributed by atoms with E-state index in [0.29, 0.717) is 5.02 Å². The number of methoxy groups -OCH3 is 1. The second-order valence-electron chi connectivity index (χ2n) is 5.23. The van der Waals surface area contributed by atoms with Crippen LogP contribution in [0, 0.1) is 13.8 Å². The summed E-state index contributed by atoms with van der Waals surface area (Å²) in [5, 5.41) is 8.25. The van der Waals surface area contributed by atoms with Crippen LogP contribution in [0.15, 0.2) is 22.7 Å². The minimum Gasteiger partial charge on any atom is -0.496 e. The summed E-state index contributed by atoms with van der Waals surface area (Å²) in [5.74, 6) is 1.67. The van der Waals surface area contributed by atoms with Gasteiger partial charge in [0.2, 0.25) is 0 Å². The first kappa shape index (κ1) is 15.9. The molecule has 1 aromatic heterocycles. The van der Waals surface area contributed by atoms with Gasteiger partial charge in [0.05, 0.1) is 12.8 Å². The number of aromatic nitrogens is 1. The molecule has 2 rings (SSSR count). The molecule has 0 aliphatic rings. The van der Waals surface area contributed by atoms with Gasteiger partial charge in [-0.2, -0.15) is 0 Å². The van der Waals surface area contributed by atoms with Crippen molar-refractivity contribution in [1.29, 1.82) is 0 Å². The molecule has 1 heterocycles. The van der Waals surface area contributed by atoms with E-state index < -0.39 is 0 Å². The summed E-state index contributed by atoms with van der Waals surface area (Å²) in [6, 6.07) is 5.85. The molecule has 0 aliphatic heterocycles. The van der Waals surface area contributed by atoms with Gasteiger partial charge in [0.1, 0.15) is 11.5 Å². The van der Waals surface area contributed by atoms with Crippen molar-refractivity contribution < 1.29 is 9.26 Å². The third-order valence-corrected chi connectivity index (χ3v) is 3.91. The molecule has 0 fully saturated rings. The van der Waals surface area contributed by atoms with Crippen LogP contribution in [0.1, 0.15) is 48.5 Å². The maximum absolute atomic E-state index is 6.10. The standard InChI is InChI=1S/C16H21ClN2O2/c1-9(14-8-13(17)6-7-15(14)20-5)18-10(2)16-11(3)19-21-12(16)4/h6-10,18H,1-5H3/t9-,10-/m0/s1. The molecule has 114 valence electrons. The van der Waals surface area contributed by atoms with Gasteiger partial charge >= 0.3 is 0 Å². The van der Waals surface area contributed by atoms with Gasteiger partial charge in [0.25, 0.3) is 0 Å². The average Bonchev–Trinajstić information content (AvgIpc) is 2.78. The number of ether oxygens (including phenoxy) is 1. The monoisotopic (exact) mass is 308 g/mol. The van der Waals surface area contributed by atoms with Crippen LogP contribution in [0.25, 0.3) is 0 Å². The number of hydrogen-bond donors (Lipinski definition) is 1. The minimum atomic E-state index is 0.0855. The lowest BCUT2D eigenvalue weighted by Gasteiger charge is -2.22. The molecule has 0 unspecified atom stereocenters. The van der Waals surface area contributed by atoms with Crippen LogP contribution >= 0.6 is 11.6 Å². The molecule has 2 aromatic rings. The molecule has 0 bridgehead atoms. The van der Waals surface area contributed by atoms with Crippen molar-refractivity contribution in [2.24, 2.45) is 0 Å². The second-order valence-corrected chi connectivity index (χ2v) is 5.67.